The van der Waals surface area contributed by atoms with Gasteiger partial charge in [0.2, 0.25) is 0 Å². The largest absolute Gasteiger partial charge is 0.310 e. The van der Waals surface area contributed by atoms with Crippen LogP contribution in [-0.2, 0) is 5.41 Å². The summed E-state index contributed by atoms with van der Waals surface area (Å²) in [4.78, 5) is 2.52. The molecule has 0 bridgehead atoms. The van der Waals surface area contributed by atoms with Crippen LogP contribution in [0.4, 0.5) is 17.1 Å². The fourth-order valence-corrected chi connectivity index (χ4v) is 11.8. The lowest BCUT2D eigenvalue weighted by molar-refractivity contribution is 0.769. The molecule has 0 saturated carbocycles. The summed E-state index contributed by atoms with van der Waals surface area (Å²) in [7, 11) is 0. The Morgan fingerprint density at radius 3 is 1.74 bits per heavy atom. The highest BCUT2D eigenvalue weighted by Gasteiger charge is 2.46. The van der Waals surface area contributed by atoms with Crippen LogP contribution in [-0.4, -0.2) is 4.57 Å². The molecule has 290 valence electrons. The van der Waals surface area contributed by atoms with Gasteiger partial charge in [-0.3, -0.25) is 0 Å². The van der Waals surface area contributed by atoms with E-state index in [4.69, 9.17) is 0 Å². The first-order valence-electron chi connectivity index (χ1n) is 21.3. The Morgan fingerprint density at radius 1 is 0.387 bits per heavy atom. The summed E-state index contributed by atoms with van der Waals surface area (Å²) in [6.45, 7) is 0. The van der Waals surface area contributed by atoms with E-state index in [1.165, 1.54) is 86.1 Å². The molecule has 13 rings (SSSR count). The van der Waals surface area contributed by atoms with Gasteiger partial charge in [0.15, 0.2) is 0 Å². The van der Waals surface area contributed by atoms with Gasteiger partial charge in [-0.15, -0.1) is 11.3 Å². The van der Waals surface area contributed by atoms with Crippen LogP contribution in [0.3, 0.4) is 0 Å². The van der Waals surface area contributed by atoms with Crippen molar-refractivity contribution in [3.05, 3.63) is 253 Å². The Bertz CT molecular complexity index is 3660. The number of thiophene rings is 1. The molecule has 1 aliphatic carbocycles. The molecule has 12 aromatic rings. The number of benzene rings is 10. The van der Waals surface area contributed by atoms with E-state index in [1.807, 2.05) is 11.3 Å². The molecule has 0 radical (unpaired) electrons. The topological polar surface area (TPSA) is 8.17 Å². The van der Waals surface area contributed by atoms with Crippen LogP contribution in [0.15, 0.2) is 231 Å². The second kappa shape index (κ2) is 13.7. The Morgan fingerprint density at radius 2 is 0.968 bits per heavy atom. The first kappa shape index (κ1) is 35.1. The molecule has 0 saturated heterocycles. The van der Waals surface area contributed by atoms with Crippen LogP contribution in [0.5, 0.6) is 0 Å². The van der Waals surface area contributed by atoms with Crippen molar-refractivity contribution in [2.75, 3.05) is 4.90 Å². The summed E-state index contributed by atoms with van der Waals surface area (Å²) in [5.74, 6) is 0. The molecule has 2 heterocycles. The number of nitrogens with zero attached hydrogens (tertiary/aromatic N) is 2. The monoisotopic (exact) mass is 806 g/mol. The molecule has 2 aromatic heterocycles. The minimum atomic E-state index is -0.562. The van der Waals surface area contributed by atoms with Crippen molar-refractivity contribution in [1.29, 1.82) is 0 Å². The lowest BCUT2D eigenvalue weighted by Crippen LogP contribution is -2.28. The quantitative estimate of drug-likeness (QED) is 0.162. The van der Waals surface area contributed by atoms with E-state index in [0.717, 1.165) is 22.7 Å². The van der Waals surface area contributed by atoms with Gasteiger partial charge in [0, 0.05) is 48.0 Å². The number of fused-ring (bicyclic) bond motifs is 10. The molecule has 0 unspecified atom stereocenters. The predicted octanol–water partition coefficient (Wildman–Crippen LogP) is 16.1. The normalized spacial score (nSPS) is 13.0. The zero-order chi connectivity index (χ0) is 40.8. The van der Waals surface area contributed by atoms with Gasteiger partial charge in [-0.2, -0.15) is 0 Å². The van der Waals surface area contributed by atoms with Gasteiger partial charge in [-0.05, 0) is 123 Å². The van der Waals surface area contributed by atoms with Crippen molar-refractivity contribution in [3.8, 4) is 16.8 Å². The molecule has 0 amide bonds. The van der Waals surface area contributed by atoms with Gasteiger partial charge in [0.05, 0.1) is 22.1 Å². The number of hydrogen-bond acceptors (Lipinski definition) is 2. The fourth-order valence-electron chi connectivity index (χ4n) is 10.6. The Hall–Kier alpha value is -7.72. The second-order valence-electron chi connectivity index (χ2n) is 16.4. The van der Waals surface area contributed by atoms with E-state index < -0.39 is 5.41 Å². The number of aromatic nitrogens is 1. The third-order valence-electron chi connectivity index (χ3n) is 13.2. The van der Waals surface area contributed by atoms with Crippen LogP contribution >= 0.6 is 11.3 Å². The van der Waals surface area contributed by atoms with Crippen molar-refractivity contribution < 1.29 is 0 Å². The zero-order valence-electron chi connectivity index (χ0n) is 33.7. The van der Waals surface area contributed by atoms with Crippen LogP contribution < -0.4 is 4.90 Å². The molecule has 1 aliphatic rings. The van der Waals surface area contributed by atoms with Crippen LogP contribution in [0.2, 0.25) is 0 Å². The van der Waals surface area contributed by atoms with E-state index in [1.54, 1.807) is 0 Å². The predicted molar refractivity (Wildman–Crippen MR) is 263 cm³/mol. The summed E-state index contributed by atoms with van der Waals surface area (Å²) in [5, 5.41) is 7.49. The number of anilines is 3. The van der Waals surface area contributed by atoms with E-state index >= 15 is 0 Å². The highest BCUT2D eigenvalue weighted by molar-refractivity contribution is 7.26. The van der Waals surface area contributed by atoms with Crippen molar-refractivity contribution in [2.45, 2.75) is 5.41 Å². The van der Waals surface area contributed by atoms with Gasteiger partial charge in [-0.25, -0.2) is 0 Å². The van der Waals surface area contributed by atoms with Crippen molar-refractivity contribution >= 4 is 81.1 Å². The second-order valence-corrected chi connectivity index (χ2v) is 17.5. The van der Waals surface area contributed by atoms with Gasteiger partial charge < -0.3 is 9.47 Å². The Kier molecular flexibility index (Phi) is 7.72. The van der Waals surface area contributed by atoms with Gasteiger partial charge in [0.25, 0.3) is 0 Å². The molecular formula is C59H38N2S. The highest BCUT2D eigenvalue weighted by atomic mass is 32.1. The zero-order valence-corrected chi connectivity index (χ0v) is 34.6. The molecule has 2 nitrogen and oxygen atoms in total. The minimum Gasteiger partial charge on any atom is -0.310 e. The molecular weight excluding hydrogens is 769 g/mol. The highest BCUT2D eigenvalue weighted by Crippen LogP contribution is 2.58. The standard InChI is InChI=1S/C59H38N2S/c1-4-19-41(20-5-1)59(42-21-6-2-7-22-42)51-36-40-18-11-10-17-39(40)35-49(51)46-33-31-45(38-52(46)59)60(55-28-16-30-57-58(55)48-26-13-15-29-56(48)62-57)44-32-34-54-50(37-44)47-25-12-14-27-53(47)61(54)43-23-8-3-9-24-43/h1-38H. The van der Waals surface area contributed by atoms with Crippen molar-refractivity contribution in [2.24, 2.45) is 0 Å². The van der Waals surface area contributed by atoms with E-state index in [2.05, 4.69) is 240 Å². The van der Waals surface area contributed by atoms with Gasteiger partial charge >= 0.3 is 0 Å². The van der Waals surface area contributed by atoms with Gasteiger partial charge in [-0.1, -0.05) is 152 Å². The maximum absolute atomic E-state index is 2.52. The SMILES string of the molecule is c1ccc(-n2c3ccccc3c3cc(N(c4ccc5c(c4)C(c4ccccc4)(c4ccccc4)c4cc6ccccc6cc4-5)c4cccc5sc6ccccc6c45)ccc32)cc1. The summed E-state index contributed by atoms with van der Waals surface area (Å²) in [5.41, 5.74) is 14.0. The molecule has 10 aromatic carbocycles. The third kappa shape index (κ3) is 5.03. The summed E-state index contributed by atoms with van der Waals surface area (Å²) >= 11 is 1.87. The summed E-state index contributed by atoms with van der Waals surface area (Å²) < 4.78 is 4.97. The number of para-hydroxylation sites is 2. The fraction of sp³-hybridized carbons (Fsp3) is 0.0169. The first-order chi connectivity index (χ1) is 30.8. The van der Waals surface area contributed by atoms with Crippen molar-refractivity contribution in [1.82, 2.24) is 4.57 Å². The molecule has 62 heavy (non-hydrogen) atoms. The van der Waals surface area contributed by atoms with Gasteiger partial charge in [0.1, 0.15) is 0 Å². The average molecular weight is 807 g/mol. The van der Waals surface area contributed by atoms with Crippen LogP contribution in [0, 0.1) is 0 Å². The molecule has 0 fully saturated rings. The summed E-state index contributed by atoms with van der Waals surface area (Å²) in [6.07, 6.45) is 0. The Balaban J connectivity index is 1.13. The van der Waals surface area contributed by atoms with Crippen LogP contribution in [0.25, 0.3) is 69.6 Å². The van der Waals surface area contributed by atoms with E-state index in [-0.39, 0.29) is 0 Å². The van der Waals surface area contributed by atoms with E-state index in [0.29, 0.717) is 0 Å². The molecule has 0 N–H and O–H groups in total. The smallest absolute Gasteiger partial charge is 0.0714 e. The average Bonchev–Trinajstić information content (AvgIpc) is 3.98. The lowest BCUT2D eigenvalue weighted by atomic mass is 9.67. The summed E-state index contributed by atoms with van der Waals surface area (Å²) in [6, 6.07) is 85.5. The maximum Gasteiger partial charge on any atom is 0.0714 e. The Labute approximate surface area is 363 Å². The van der Waals surface area contributed by atoms with E-state index in [9.17, 15) is 0 Å². The lowest BCUT2D eigenvalue weighted by Gasteiger charge is -2.35. The maximum atomic E-state index is 2.52. The molecule has 0 aliphatic heterocycles. The third-order valence-corrected chi connectivity index (χ3v) is 14.3. The van der Waals surface area contributed by atoms with Crippen molar-refractivity contribution in [3.63, 3.8) is 0 Å². The minimum absolute atomic E-state index is 0.562. The molecule has 0 atom stereocenters. The number of hydrogen-bond donors (Lipinski definition) is 0. The first-order valence-corrected chi connectivity index (χ1v) is 22.2. The molecule has 3 heteroatoms. The van der Waals surface area contributed by atoms with Crippen LogP contribution in [0.1, 0.15) is 22.3 Å². The molecule has 0 spiro atoms. The number of rotatable bonds is 6.